The summed E-state index contributed by atoms with van der Waals surface area (Å²) in [7, 11) is 0. The smallest absolute Gasteiger partial charge is 0.320 e. The molecule has 20 heavy (non-hydrogen) atoms. The van der Waals surface area contributed by atoms with E-state index in [-0.39, 0.29) is 31.8 Å². The lowest BCUT2D eigenvalue weighted by Crippen LogP contribution is -2.51. The van der Waals surface area contributed by atoms with Crippen LogP contribution >= 0.6 is 0 Å². The number of amides is 2. The normalized spacial score (nSPS) is 29.7. The minimum absolute atomic E-state index is 0.0835. The SMILES string of the molecule is CCN(C(=O)N1CCC(CO)C1)C1COCC1C(=O)O. The number of urea groups is 1. The monoisotopic (exact) mass is 286 g/mol. The molecule has 114 valence electrons. The van der Waals surface area contributed by atoms with Crippen molar-refractivity contribution in [3.63, 3.8) is 0 Å². The second kappa shape index (κ2) is 6.41. The van der Waals surface area contributed by atoms with E-state index in [9.17, 15) is 14.7 Å². The Morgan fingerprint density at radius 2 is 2.15 bits per heavy atom. The molecule has 2 aliphatic heterocycles. The minimum Gasteiger partial charge on any atom is -0.481 e. The van der Waals surface area contributed by atoms with Crippen molar-refractivity contribution in [3.05, 3.63) is 0 Å². The van der Waals surface area contributed by atoms with Gasteiger partial charge in [-0.15, -0.1) is 0 Å². The number of carboxylic acids is 1. The van der Waals surface area contributed by atoms with Crippen LogP contribution in [0.5, 0.6) is 0 Å². The fraction of sp³-hybridized carbons (Fsp3) is 0.846. The van der Waals surface area contributed by atoms with Gasteiger partial charge in [0.1, 0.15) is 5.92 Å². The van der Waals surface area contributed by atoms with Crippen molar-refractivity contribution in [1.29, 1.82) is 0 Å². The molecule has 2 amide bonds. The Hall–Kier alpha value is -1.34. The highest BCUT2D eigenvalue weighted by molar-refractivity contribution is 5.77. The summed E-state index contributed by atoms with van der Waals surface area (Å²) in [6.07, 6.45) is 0.795. The zero-order chi connectivity index (χ0) is 14.7. The molecular weight excluding hydrogens is 264 g/mol. The number of aliphatic carboxylic acids is 1. The lowest BCUT2D eigenvalue weighted by Gasteiger charge is -2.33. The van der Waals surface area contributed by atoms with E-state index in [2.05, 4.69) is 0 Å². The van der Waals surface area contributed by atoms with Crippen LogP contribution in [0.1, 0.15) is 13.3 Å². The number of carbonyl (C=O) groups excluding carboxylic acids is 1. The van der Waals surface area contributed by atoms with Gasteiger partial charge in [-0.3, -0.25) is 4.79 Å². The largest absolute Gasteiger partial charge is 0.481 e. The minimum atomic E-state index is -0.923. The lowest BCUT2D eigenvalue weighted by atomic mass is 10.0. The Kier molecular flexibility index (Phi) is 4.82. The van der Waals surface area contributed by atoms with Crippen molar-refractivity contribution in [2.75, 3.05) is 39.5 Å². The van der Waals surface area contributed by atoms with E-state index in [1.807, 2.05) is 6.92 Å². The number of carboxylic acid groups (broad SMARTS) is 1. The van der Waals surface area contributed by atoms with Crippen LogP contribution in [0.4, 0.5) is 4.79 Å². The van der Waals surface area contributed by atoms with Gasteiger partial charge in [0, 0.05) is 32.2 Å². The molecule has 2 rings (SSSR count). The first-order valence-corrected chi connectivity index (χ1v) is 7.05. The fourth-order valence-electron chi connectivity index (χ4n) is 2.93. The molecule has 0 aromatic rings. The second-order valence-corrected chi connectivity index (χ2v) is 5.40. The molecule has 0 bridgehead atoms. The fourth-order valence-corrected chi connectivity index (χ4v) is 2.93. The average molecular weight is 286 g/mol. The summed E-state index contributed by atoms with van der Waals surface area (Å²) in [5.41, 5.74) is 0. The summed E-state index contributed by atoms with van der Waals surface area (Å²) in [5, 5.41) is 18.3. The first-order chi connectivity index (χ1) is 9.58. The van der Waals surface area contributed by atoms with Gasteiger partial charge >= 0.3 is 12.0 Å². The quantitative estimate of drug-likeness (QED) is 0.749. The number of aliphatic hydroxyl groups is 1. The molecule has 3 unspecified atom stereocenters. The van der Waals surface area contributed by atoms with Gasteiger partial charge in [-0.05, 0) is 13.3 Å². The van der Waals surface area contributed by atoms with Crippen molar-refractivity contribution in [3.8, 4) is 0 Å². The molecule has 2 N–H and O–H groups in total. The number of likely N-dealkylation sites (N-methyl/N-ethyl adjacent to an activating group) is 1. The summed E-state index contributed by atoms with van der Waals surface area (Å²) in [6, 6.07) is -0.552. The first-order valence-electron chi connectivity index (χ1n) is 7.05. The molecule has 3 atom stereocenters. The highest BCUT2D eigenvalue weighted by Gasteiger charge is 2.41. The first kappa shape index (κ1) is 15.1. The number of likely N-dealkylation sites (tertiary alicyclic amines) is 1. The zero-order valence-electron chi connectivity index (χ0n) is 11.7. The molecular formula is C13H22N2O5. The molecule has 7 heteroatoms. The third kappa shape index (κ3) is 2.88. The number of hydrogen-bond donors (Lipinski definition) is 2. The average Bonchev–Trinajstić information content (AvgIpc) is 3.08. The molecule has 0 aromatic heterocycles. The maximum atomic E-state index is 12.5. The molecule has 2 heterocycles. The maximum absolute atomic E-state index is 12.5. The predicted octanol–water partition coefficient (Wildman–Crippen LogP) is -0.158. The Balaban J connectivity index is 2.04. The molecule has 0 spiro atoms. The molecule has 0 aliphatic carbocycles. The number of hydrogen-bond acceptors (Lipinski definition) is 4. The summed E-state index contributed by atoms with van der Waals surface area (Å²) >= 11 is 0. The topological polar surface area (TPSA) is 90.3 Å². The Bertz CT molecular complexity index is 376. The van der Waals surface area contributed by atoms with Crippen molar-refractivity contribution >= 4 is 12.0 Å². The van der Waals surface area contributed by atoms with Gasteiger partial charge in [0.05, 0.1) is 19.3 Å². The van der Waals surface area contributed by atoms with Crippen molar-refractivity contribution in [1.82, 2.24) is 9.80 Å². The van der Waals surface area contributed by atoms with Crippen LogP contribution in [0.3, 0.4) is 0 Å². The summed E-state index contributed by atoms with van der Waals surface area (Å²) in [6.45, 7) is 3.96. The maximum Gasteiger partial charge on any atom is 0.320 e. The van der Waals surface area contributed by atoms with E-state index >= 15 is 0 Å². The number of ether oxygens (including phenoxy) is 1. The summed E-state index contributed by atoms with van der Waals surface area (Å²) in [4.78, 5) is 27.0. The molecule has 2 saturated heterocycles. The summed E-state index contributed by atoms with van der Waals surface area (Å²) in [5.74, 6) is -1.45. The third-order valence-electron chi connectivity index (χ3n) is 4.17. The van der Waals surface area contributed by atoms with Crippen LogP contribution in [-0.2, 0) is 9.53 Å². The number of carbonyl (C=O) groups is 2. The molecule has 0 aromatic carbocycles. The standard InChI is InChI=1S/C13H22N2O5/c1-2-15(11-8-20-7-10(11)12(17)18)13(19)14-4-3-9(5-14)6-16/h9-11,16H,2-8H2,1H3,(H,17,18). The molecule has 2 aliphatic rings. The summed E-state index contributed by atoms with van der Waals surface area (Å²) < 4.78 is 5.24. The lowest BCUT2D eigenvalue weighted by molar-refractivity contribution is -0.142. The van der Waals surface area contributed by atoms with Gasteiger partial charge in [-0.25, -0.2) is 4.79 Å². The van der Waals surface area contributed by atoms with Crippen LogP contribution in [0, 0.1) is 11.8 Å². The van der Waals surface area contributed by atoms with Crippen LogP contribution in [0.25, 0.3) is 0 Å². The predicted molar refractivity (Wildman–Crippen MR) is 70.3 cm³/mol. The van der Waals surface area contributed by atoms with E-state index in [4.69, 9.17) is 9.84 Å². The third-order valence-corrected chi connectivity index (χ3v) is 4.17. The van der Waals surface area contributed by atoms with Gasteiger partial charge in [-0.1, -0.05) is 0 Å². The molecule has 0 radical (unpaired) electrons. The van der Waals surface area contributed by atoms with E-state index in [0.29, 0.717) is 19.6 Å². The van der Waals surface area contributed by atoms with Crippen LogP contribution in [-0.4, -0.2) is 77.5 Å². The number of aliphatic hydroxyl groups excluding tert-OH is 1. The Morgan fingerprint density at radius 3 is 2.70 bits per heavy atom. The Morgan fingerprint density at radius 1 is 1.40 bits per heavy atom. The van der Waals surface area contributed by atoms with E-state index < -0.39 is 17.9 Å². The number of nitrogens with zero attached hydrogens (tertiary/aromatic N) is 2. The highest BCUT2D eigenvalue weighted by Crippen LogP contribution is 2.23. The van der Waals surface area contributed by atoms with Gasteiger partial charge < -0.3 is 24.7 Å². The second-order valence-electron chi connectivity index (χ2n) is 5.40. The van der Waals surface area contributed by atoms with Crippen molar-refractivity contribution in [2.24, 2.45) is 11.8 Å². The van der Waals surface area contributed by atoms with Gasteiger partial charge in [0.25, 0.3) is 0 Å². The van der Waals surface area contributed by atoms with Gasteiger partial charge in [-0.2, -0.15) is 0 Å². The molecule has 2 fully saturated rings. The Labute approximate surface area is 118 Å². The van der Waals surface area contributed by atoms with Crippen LogP contribution in [0.15, 0.2) is 0 Å². The van der Waals surface area contributed by atoms with Crippen LogP contribution < -0.4 is 0 Å². The van der Waals surface area contributed by atoms with E-state index in [1.54, 1.807) is 9.80 Å². The van der Waals surface area contributed by atoms with E-state index in [1.165, 1.54) is 0 Å². The van der Waals surface area contributed by atoms with Crippen molar-refractivity contribution in [2.45, 2.75) is 19.4 Å². The molecule has 7 nitrogen and oxygen atoms in total. The highest BCUT2D eigenvalue weighted by atomic mass is 16.5. The van der Waals surface area contributed by atoms with Crippen molar-refractivity contribution < 1.29 is 24.5 Å². The molecule has 0 saturated carbocycles. The van der Waals surface area contributed by atoms with E-state index in [0.717, 1.165) is 6.42 Å². The van der Waals surface area contributed by atoms with Crippen LogP contribution in [0.2, 0.25) is 0 Å². The van der Waals surface area contributed by atoms with Gasteiger partial charge in [0.15, 0.2) is 0 Å². The van der Waals surface area contributed by atoms with Gasteiger partial charge in [0.2, 0.25) is 0 Å². The number of rotatable bonds is 4. The zero-order valence-corrected chi connectivity index (χ0v) is 11.7.